The van der Waals surface area contributed by atoms with Gasteiger partial charge in [0.05, 0.1) is 12.1 Å². The molecule has 4 nitrogen and oxygen atoms in total. The van der Waals surface area contributed by atoms with Crippen molar-refractivity contribution in [2.24, 2.45) is 0 Å². The predicted molar refractivity (Wildman–Crippen MR) is 85.2 cm³/mol. The summed E-state index contributed by atoms with van der Waals surface area (Å²) < 4.78 is 0. The van der Waals surface area contributed by atoms with Gasteiger partial charge in [-0.2, -0.15) is 0 Å². The molecule has 1 fully saturated rings. The summed E-state index contributed by atoms with van der Waals surface area (Å²) in [7, 11) is 0. The summed E-state index contributed by atoms with van der Waals surface area (Å²) in [6.07, 6.45) is 0. The zero-order valence-electron chi connectivity index (χ0n) is 12.7. The maximum atomic E-state index is 12.4. The van der Waals surface area contributed by atoms with E-state index in [1.165, 1.54) is 34.1 Å². The summed E-state index contributed by atoms with van der Waals surface area (Å²) in [6, 6.07) is 16.3. The number of nitrogens with one attached hydrogen (secondary N) is 1. The van der Waals surface area contributed by atoms with Crippen molar-refractivity contribution in [3.63, 3.8) is 0 Å². The fourth-order valence-electron chi connectivity index (χ4n) is 4.83. The third-order valence-corrected chi connectivity index (χ3v) is 5.55. The topological polar surface area (TPSA) is 49.4 Å². The Bertz CT molecular complexity index is 812. The van der Waals surface area contributed by atoms with E-state index in [0.717, 1.165) is 0 Å². The summed E-state index contributed by atoms with van der Waals surface area (Å²) >= 11 is 0. The molecule has 4 heteroatoms. The molecule has 2 aromatic rings. The molecule has 0 radical (unpaired) electrons. The lowest BCUT2D eigenvalue weighted by molar-refractivity contribution is -0.127. The molecule has 1 N–H and O–H groups in total. The molecule has 0 aromatic heterocycles. The van der Waals surface area contributed by atoms with Crippen molar-refractivity contribution >= 4 is 11.9 Å². The van der Waals surface area contributed by atoms with Gasteiger partial charge in [-0.25, -0.2) is 4.79 Å². The molecular formula is C19H16N2O2. The van der Waals surface area contributed by atoms with Gasteiger partial charge < -0.3 is 5.32 Å². The van der Waals surface area contributed by atoms with Crippen LogP contribution in [0.4, 0.5) is 4.79 Å². The molecule has 0 spiro atoms. The van der Waals surface area contributed by atoms with Gasteiger partial charge in [0.1, 0.15) is 0 Å². The van der Waals surface area contributed by atoms with E-state index in [-0.39, 0.29) is 35.9 Å². The second-order valence-electron chi connectivity index (χ2n) is 6.57. The minimum atomic E-state index is -0.261. The molecule has 1 aliphatic heterocycles. The largest absolute Gasteiger partial charge is 0.332 e. The molecule has 4 aliphatic rings. The fraction of sp³-hybridized carbons (Fsp3) is 0.263. The van der Waals surface area contributed by atoms with Crippen LogP contribution in [0.5, 0.6) is 0 Å². The number of benzene rings is 2. The Labute approximate surface area is 134 Å². The van der Waals surface area contributed by atoms with Crippen molar-refractivity contribution in [3.05, 3.63) is 70.8 Å². The van der Waals surface area contributed by atoms with Gasteiger partial charge in [0.2, 0.25) is 5.91 Å². The van der Waals surface area contributed by atoms with Crippen molar-refractivity contribution in [2.75, 3.05) is 0 Å². The predicted octanol–water partition coefficient (Wildman–Crippen LogP) is 2.59. The summed E-state index contributed by atoms with van der Waals surface area (Å²) in [5.74, 6) is -0.0107. The third kappa shape index (κ3) is 1.46. The number of amides is 3. The van der Waals surface area contributed by atoms with Crippen LogP contribution in [-0.4, -0.2) is 28.9 Å². The average Bonchev–Trinajstić information content (AvgIpc) is 2.91. The first-order chi connectivity index (χ1) is 11.2. The molecule has 0 saturated carbocycles. The molecule has 6 rings (SSSR count). The van der Waals surface area contributed by atoms with Crippen LogP contribution in [0.3, 0.4) is 0 Å². The lowest BCUT2D eigenvalue weighted by atomic mass is 9.59. The standard InChI is InChI=1S/C19H16N2O2/c1-10(22)21-18-16-13-8-4-2-6-11(13)15(17(18)20-19(21)23)12-7-3-5-9-14(12)16/h2-9,15-18H,1H3,(H,20,23)/t15?,16?,17-,18+/m1/s1. The molecule has 114 valence electrons. The Hall–Kier alpha value is -2.62. The van der Waals surface area contributed by atoms with Gasteiger partial charge in [0.15, 0.2) is 0 Å². The highest BCUT2D eigenvalue weighted by Crippen LogP contribution is 2.55. The molecule has 2 atom stereocenters. The zero-order chi connectivity index (χ0) is 15.7. The zero-order valence-corrected chi connectivity index (χ0v) is 12.7. The quantitative estimate of drug-likeness (QED) is 0.813. The van der Waals surface area contributed by atoms with E-state index in [9.17, 15) is 9.59 Å². The van der Waals surface area contributed by atoms with Crippen molar-refractivity contribution in [3.8, 4) is 0 Å². The van der Waals surface area contributed by atoms with E-state index in [4.69, 9.17) is 0 Å². The summed E-state index contributed by atoms with van der Waals surface area (Å²) in [6.45, 7) is 1.47. The maximum Gasteiger partial charge on any atom is 0.324 e. The second-order valence-corrected chi connectivity index (χ2v) is 6.57. The first-order valence-electron chi connectivity index (χ1n) is 7.96. The highest BCUT2D eigenvalue weighted by Gasteiger charge is 2.57. The lowest BCUT2D eigenvalue weighted by Crippen LogP contribution is -2.53. The van der Waals surface area contributed by atoms with Crippen LogP contribution in [-0.2, 0) is 4.79 Å². The highest BCUT2D eigenvalue weighted by molar-refractivity contribution is 5.96. The van der Waals surface area contributed by atoms with Crippen LogP contribution in [0.15, 0.2) is 48.5 Å². The normalized spacial score (nSPS) is 29.6. The Kier molecular flexibility index (Phi) is 2.36. The number of hydrogen-bond acceptors (Lipinski definition) is 2. The van der Waals surface area contributed by atoms with E-state index in [0.29, 0.717) is 0 Å². The maximum absolute atomic E-state index is 12.4. The van der Waals surface area contributed by atoms with Crippen LogP contribution in [0.2, 0.25) is 0 Å². The summed E-state index contributed by atoms with van der Waals surface area (Å²) in [4.78, 5) is 25.9. The van der Waals surface area contributed by atoms with E-state index in [2.05, 4.69) is 41.7 Å². The average molecular weight is 304 g/mol. The van der Waals surface area contributed by atoms with E-state index in [1.807, 2.05) is 12.1 Å². The van der Waals surface area contributed by atoms with Crippen molar-refractivity contribution in [2.45, 2.75) is 30.8 Å². The Morgan fingerprint density at radius 3 is 1.87 bits per heavy atom. The Morgan fingerprint density at radius 2 is 1.39 bits per heavy atom. The van der Waals surface area contributed by atoms with Gasteiger partial charge in [-0.3, -0.25) is 9.69 Å². The first kappa shape index (κ1) is 12.9. The van der Waals surface area contributed by atoms with Gasteiger partial charge in [-0.05, 0) is 22.3 Å². The van der Waals surface area contributed by atoms with Gasteiger partial charge in [0.25, 0.3) is 0 Å². The molecule has 3 amide bonds. The first-order valence-corrected chi connectivity index (χ1v) is 7.96. The van der Waals surface area contributed by atoms with E-state index < -0.39 is 0 Å². The molecule has 2 aromatic carbocycles. The van der Waals surface area contributed by atoms with Crippen molar-refractivity contribution in [1.82, 2.24) is 10.2 Å². The molecule has 23 heavy (non-hydrogen) atoms. The highest BCUT2D eigenvalue weighted by atomic mass is 16.2. The number of imide groups is 1. The smallest absolute Gasteiger partial charge is 0.324 e. The van der Waals surface area contributed by atoms with Crippen LogP contribution in [0.25, 0.3) is 0 Å². The van der Waals surface area contributed by atoms with Crippen LogP contribution < -0.4 is 5.32 Å². The minimum absolute atomic E-state index is 0.0406. The summed E-state index contributed by atoms with van der Waals surface area (Å²) in [5.41, 5.74) is 5.06. The number of hydrogen-bond donors (Lipinski definition) is 1. The number of urea groups is 1. The number of rotatable bonds is 0. The SMILES string of the molecule is CC(=O)N1C(=O)N[C@@H]2C3c4ccccc4C(c4ccccc43)[C@@H]21. The van der Waals surface area contributed by atoms with Gasteiger partial charge in [-0.1, -0.05) is 48.5 Å². The van der Waals surface area contributed by atoms with Crippen LogP contribution in [0, 0.1) is 0 Å². The van der Waals surface area contributed by atoms with E-state index in [1.54, 1.807) is 0 Å². The Balaban J connectivity index is 1.81. The van der Waals surface area contributed by atoms with Crippen molar-refractivity contribution < 1.29 is 9.59 Å². The minimum Gasteiger partial charge on any atom is -0.332 e. The second kappa shape index (κ2) is 4.22. The van der Waals surface area contributed by atoms with Crippen molar-refractivity contribution in [1.29, 1.82) is 0 Å². The lowest BCUT2D eigenvalue weighted by Gasteiger charge is -2.48. The third-order valence-electron chi connectivity index (χ3n) is 5.55. The number of nitrogens with zero attached hydrogens (tertiary/aromatic N) is 1. The van der Waals surface area contributed by atoms with Crippen LogP contribution >= 0.6 is 0 Å². The molecule has 3 aliphatic carbocycles. The molecule has 0 unspecified atom stereocenters. The molecule has 2 bridgehead atoms. The molecule has 1 heterocycles. The number of carbonyl (C=O) groups excluding carboxylic acids is 2. The van der Waals surface area contributed by atoms with Crippen LogP contribution in [0.1, 0.15) is 41.0 Å². The molecular weight excluding hydrogens is 288 g/mol. The monoisotopic (exact) mass is 304 g/mol. The van der Waals surface area contributed by atoms with Gasteiger partial charge in [0, 0.05) is 18.8 Å². The molecule has 1 saturated heterocycles. The van der Waals surface area contributed by atoms with Gasteiger partial charge >= 0.3 is 6.03 Å². The fourth-order valence-corrected chi connectivity index (χ4v) is 4.83. The Morgan fingerprint density at radius 1 is 0.913 bits per heavy atom. The van der Waals surface area contributed by atoms with E-state index >= 15 is 0 Å². The number of carbonyl (C=O) groups is 2. The van der Waals surface area contributed by atoms with Gasteiger partial charge in [-0.15, -0.1) is 0 Å². The summed E-state index contributed by atoms with van der Waals surface area (Å²) in [5, 5.41) is 3.07.